The molecule has 1 aliphatic heterocycles. The lowest BCUT2D eigenvalue weighted by molar-refractivity contribution is 0.0884. The molecule has 1 aliphatic carbocycles. The van der Waals surface area contributed by atoms with Crippen molar-refractivity contribution in [3.05, 3.63) is 71.5 Å². The number of likely N-dealkylation sites (tertiary alicyclic amines) is 1. The van der Waals surface area contributed by atoms with Crippen LogP contribution in [0.5, 0.6) is 0 Å². The molecule has 2 atom stereocenters. The van der Waals surface area contributed by atoms with E-state index in [0.717, 1.165) is 31.1 Å². The lowest BCUT2D eigenvalue weighted by Gasteiger charge is -2.33. The minimum absolute atomic E-state index is 0.0490. The SMILES string of the molecule is O=C(NC1CCCN(C(=O)NCC2CCc3ccccc32)C1)c1cc2ccccc2o1. The van der Waals surface area contributed by atoms with Gasteiger partial charge in [0.05, 0.1) is 0 Å². The fourth-order valence-corrected chi connectivity index (χ4v) is 4.81. The molecule has 3 amide bonds. The fourth-order valence-electron chi connectivity index (χ4n) is 4.81. The van der Waals surface area contributed by atoms with E-state index in [1.54, 1.807) is 6.07 Å². The summed E-state index contributed by atoms with van der Waals surface area (Å²) in [6.07, 6.45) is 3.88. The number of furan rings is 1. The van der Waals surface area contributed by atoms with Crippen LogP contribution in [0.3, 0.4) is 0 Å². The minimum atomic E-state index is -0.231. The first-order valence-electron chi connectivity index (χ1n) is 11.1. The van der Waals surface area contributed by atoms with Crippen molar-refractivity contribution in [1.82, 2.24) is 15.5 Å². The topological polar surface area (TPSA) is 74.6 Å². The number of para-hydroxylation sites is 1. The van der Waals surface area contributed by atoms with E-state index < -0.39 is 0 Å². The van der Waals surface area contributed by atoms with Crippen molar-refractivity contribution in [2.45, 2.75) is 37.6 Å². The number of amides is 3. The minimum Gasteiger partial charge on any atom is -0.451 e. The molecule has 0 bridgehead atoms. The van der Waals surface area contributed by atoms with Gasteiger partial charge in [-0.25, -0.2) is 4.79 Å². The molecule has 0 radical (unpaired) electrons. The van der Waals surface area contributed by atoms with Gasteiger partial charge < -0.3 is 20.0 Å². The zero-order valence-corrected chi connectivity index (χ0v) is 17.5. The molecular formula is C25H27N3O3. The molecule has 5 rings (SSSR count). The summed E-state index contributed by atoms with van der Waals surface area (Å²) in [6.45, 7) is 1.88. The van der Waals surface area contributed by atoms with Crippen LogP contribution < -0.4 is 10.6 Å². The van der Waals surface area contributed by atoms with Gasteiger partial charge in [0, 0.05) is 37.0 Å². The second kappa shape index (κ2) is 8.46. The summed E-state index contributed by atoms with van der Waals surface area (Å²) in [4.78, 5) is 27.2. The number of urea groups is 1. The van der Waals surface area contributed by atoms with E-state index in [4.69, 9.17) is 4.42 Å². The predicted octanol–water partition coefficient (Wildman–Crippen LogP) is 4.07. The maximum Gasteiger partial charge on any atom is 0.317 e. The van der Waals surface area contributed by atoms with Crippen molar-refractivity contribution in [3.8, 4) is 0 Å². The third kappa shape index (κ3) is 4.15. The number of benzene rings is 2. The first-order valence-corrected chi connectivity index (χ1v) is 11.1. The second-order valence-electron chi connectivity index (χ2n) is 8.53. The van der Waals surface area contributed by atoms with E-state index in [9.17, 15) is 9.59 Å². The van der Waals surface area contributed by atoms with Crippen LogP contribution in [0, 0.1) is 0 Å². The highest BCUT2D eigenvalue weighted by molar-refractivity contribution is 5.96. The summed E-state index contributed by atoms with van der Waals surface area (Å²) in [5, 5.41) is 7.06. The van der Waals surface area contributed by atoms with Crippen molar-refractivity contribution < 1.29 is 14.0 Å². The quantitative estimate of drug-likeness (QED) is 0.672. The molecule has 2 aliphatic rings. The Morgan fingerprint density at radius 1 is 1.06 bits per heavy atom. The molecule has 0 saturated carbocycles. The fraction of sp³-hybridized carbons (Fsp3) is 0.360. The van der Waals surface area contributed by atoms with E-state index in [0.29, 0.717) is 36.9 Å². The second-order valence-corrected chi connectivity index (χ2v) is 8.53. The number of piperidine rings is 1. The van der Waals surface area contributed by atoms with Gasteiger partial charge in [0.25, 0.3) is 5.91 Å². The summed E-state index contributed by atoms with van der Waals surface area (Å²) in [6, 6.07) is 17.7. The molecule has 2 aromatic carbocycles. The summed E-state index contributed by atoms with van der Waals surface area (Å²) < 4.78 is 5.66. The molecule has 1 saturated heterocycles. The molecule has 2 unspecified atom stereocenters. The number of hydrogen-bond acceptors (Lipinski definition) is 3. The van der Waals surface area contributed by atoms with E-state index in [2.05, 4.69) is 34.9 Å². The number of hydrogen-bond donors (Lipinski definition) is 2. The average Bonchev–Trinajstić information content (AvgIpc) is 3.42. The van der Waals surface area contributed by atoms with Crippen LogP contribution in [-0.4, -0.2) is 42.5 Å². The molecule has 1 fully saturated rings. The van der Waals surface area contributed by atoms with E-state index in [1.807, 2.05) is 29.2 Å². The van der Waals surface area contributed by atoms with Gasteiger partial charge in [-0.15, -0.1) is 0 Å². The monoisotopic (exact) mass is 417 g/mol. The normalized spacial score (nSPS) is 20.5. The van der Waals surface area contributed by atoms with Crippen LogP contribution in [0.25, 0.3) is 11.0 Å². The van der Waals surface area contributed by atoms with Crippen LogP contribution in [0.4, 0.5) is 4.79 Å². The Morgan fingerprint density at radius 3 is 2.81 bits per heavy atom. The predicted molar refractivity (Wildman–Crippen MR) is 119 cm³/mol. The molecular weight excluding hydrogens is 390 g/mol. The maximum atomic E-state index is 12.8. The molecule has 3 aromatic rings. The molecule has 6 nitrogen and oxygen atoms in total. The molecule has 160 valence electrons. The van der Waals surface area contributed by atoms with Crippen molar-refractivity contribution in [2.24, 2.45) is 0 Å². The lowest BCUT2D eigenvalue weighted by Crippen LogP contribution is -2.52. The van der Waals surface area contributed by atoms with Gasteiger partial charge in [0.1, 0.15) is 5.58 Å². The van der Waals surface area contributed by atoms with Crippen LogP contribution in [0.1, 0.15) is 46.9 Å². The number of carbonyl (C=O) groups is 2. The molecule has 0 spiro atoms. The summed E-state index contributed by atoms with van der Waals surface area (Å²) >= 11 is 0. The molecule has 6 heteroatoms. The third-order valence-electron chi connectivity index (χ3n) is 6.45. The van der Waals surface area contributed by atoms with E-state index >= 15 is 0 Å². The van der Waals surface area contributed by atoms with Gasteiger partial charge in [-0.2, -0.15) is 0 Å². The summed E-state index contributed by atoms with van der Waals surface area (Å²) in [5.41, 5.74) is 3.45. The zero-order chi connectivity index (χ0) is 21.2. The molecule has 2 heterocycles. The Morgan fingerprint density at radius 2 is 1.90 bits per heavy atom. The highest BCUT2D eigenvalue weighted by Gasteiger charge is 2.27. The van der Waals surface area contributed by atoms with E-state index in [1.165, 1.54) is 11.1 Å². The van der Waals surface area contributed by atoms with Crippen molar-refractivity contribution in [1.29, 1.82) is 0 Å². The number of aryl methyl sites for hydroxylation is 1. The number of carbonyl (C=O) groups excluding carboxylic acids is 2. The van der Waals surface area contributed by atoms with Gasteiger partial charge in [-0.05, 0) is 48.9 Å². The lowest BCUT2D eigenvalue weighted by atomic mass is 10.0. The van der Waals surface area contributed by atoms with Gasteiger partial charge in [0.2, 0.25) is 0 Å². The molecule has 1 aromatic heterocycles. The largest absolute Gasteiger partial charge is 0.451 e. The van der Waals surface area contributed by atoms with Crippen molar-refractivity contribution in [3.63, 3.8) is 0 Å². The maximum absolute atomic E-state index is 12.8. The third-order valence-corrected chi connectivity index (χ3v) is 6.45. The summed E-state index contributed by atoms with van der Waals surface area (Å²) in [5.74, 6) is 0.460. The molecule has 31 heavy (non-hydrogen) atoms. The Kier molecular flexibility index (Phi) is 5.37. The van der Waals surface area contributed by atoms with Crippen LogP contribution in [-0.2, 0) is 6.42 Å². The number of rotatable bonds is 4. The average molecular weight is 418 g/mol. The number of fused-ring (bicyclic) bond motifs is 2. The van der Waals surface area contributed by atoms with Crippen molar-refractivity contribution >= 4 is 22.9 Å². The first-order chi connectivity index (χ1) is 15.2. The van der Waals surface area contributed by atoms with Crippen LogP contribution in [0.15, 0.2) is 59.0 Å². The Balaban J connectivity index is 1.15. The van der Waals surface area contributed by atoms with Crippen molar-refractivity contribution in [2.75, 3.05) is 19.6 Å². The standard InChI is InChI=1S/C25H27N3O3/c29-24(23-14-18-7-2-4-10-22(18)31-23)27-20-8-5-13-28(16-20)25(30)26-15-19-12-11-17-6-1-3-9-21(17)19/h1-4,6-7,9-10,14,19-20H,5,8,11-13,15-16H2,(H,26,30)(H,27,29). The number of nitrogens with one attached hydrogen (secondary N) is 2. The highest BCUT2D eigenvalue weighted by atomic mass is 16.3. The van der Waals surface area contributed by atoms with Crippen LogP contribution in [0.2, 0.25) is 0 Å². The Hall–Kier alpha value is -3.28. The molecule has 2 N–H and O–H groups in total. The number of nitrogens with zero attached hydrogens (tertiary/aromatic N) is 1. The van der Waals surface area contributed by atoms with Gasteiger partial charge in [0.15, 0.2) is 5.76 Å². The zero-order valence-electron chi connectivity index (χ0n) is 17.5. The summed E-state index contributed by atoms with van der Waals surface area (Å²) in [7, 11) is 0. The van der Waals surface area contributed by atoms with E-state index in [-0.39, 0.29) is 18.0 Å². The smallest absolute Gasteiger partial charge is 0.317 e. The highest BCUT2D eigenvalue weighted by Crippen LogP contribution is 2.32. The van der Waals surface area contributed by atoms with Gasteiger partial charge >= 0.3 is 6.03 Å². The van der Waals surface area contributed by atoms with Crippen LogP contribution >= 0.6 is 0 Å². The van der Waals surface area contributed by atoms with Gasteiger partial charge in [-0.3, -0.25) is 4.79 Å². The Bertz CT molecular complexity index is 1070. The van der Waals surface area contributed by atoms with Gasteiger partial charge in [-0.1, -0.05) is 42.5 Å². The Labute approximate surface area is 181 Å². The first kappa shape index (κ1) is 19.7.